The van der Waals surface area contributed by atoms with E-state index in [1.165, 1.54) is 24.1 Å². The third-order valence-corrected chi connectivity index (χ3v) is 4.07. The molecule has 1 saturated heterocycles. The van der Waals surface area contributed by atoms with Crippen molar-refractivity contribution in [3.05, 3.63) is 35.4 Å². The van der Waals surface area contributed by atoms with Crippen LogP contribution in [0.5, 0.6) is 0 Å². The highest BCUT2D eigenvalue weighted by Crippen LogP contribution is 2.28. The molecular weight excluding hydrogens is 208 g/mol. The predicted molar refractivity (Wildman–Crippen MR) is 72.9 cm³/mol. The Morgan fingerprint density at radius 2 is 2.12 bits per heavy atom. The van der Waals surface area contributed by atoms with Crippen molar-refractivity contribution in [2.75, 3.05) is 13.1 Å². The Bertz CT molecular complexity index is 373. The largest absolute Gasteiger partial charge is 0.328 e. The van der Waals surface area contributed by atoms with E-state index in [2.05, 4.69) is 49.9 Å². The zero-order valence-electron chi connectivity index (χ0n) is 11.2. The van der Waals surface area contributed by atoms with Crippen molar-refractivity contribution >= 4 is 0 Å². The second-order valence-corrected chi connectivity index (χ2v) is 5.49. The third kappa shape index (κ3) is 2.88. The fraction of sp³-hybridized carbons (Fsp3) is 0.600. The third-order valence-electron chi connectivity index (χ3n) is 4.07. The van der Waals surface area contributed by atoms with E-state index in [0.29, 0.717) is 18.0 Å². The highest BCUT2D eigenvalue weighted by atomic mass is 15.2. The fourth-order valence-corrected chi connectivity index (χ4v) is 2.74. The lowest BCUT2D eigenvalue weighted by Gasteiger charge is -2.25. The van der Waals surface area contributed by atoms with E-state index < -0.39 is 0 Å². The molecule has 1 aliphatic rings. The van der Waals surface area contributed by atoms with E-state index in [-0.39, 0.29) is 0 Å². The van der Waals surface area contributed by atoms with Gasteiger partial charge in [-0.1, -0.05) is 29.8 Å². The van der Waals surface area contributed by atoms with Crippen molar-refractivity contribution in [2.24, 2.45) is 11.7 Å². The lowest BCUT2D eigenvalue weighted by atomic mass is 10.0. The molecule has 1 aliphatic heterocycles. The summed E-state index contributed by atoms with van der Waals surface area (Å²) in [6.45, 7) is 8.92. The van der Waals surface area contributed by atoms with Crippen LogP contribution in [-0.2, 0) is 0 Å². The first-order valence-corrected chi connectivity index (χ1v) is 6.64. The lowest BCUT2D eigenvalue weighted by molar-refractivity contribution is 0.248. The van der Waals surface area contributed by atoms with Crippen molar-refractivity contribution in [2.45, 2.75) is 39.3 Å². The maximum Gasteiger partial charge on any atom is 0.0320 e. The van der Waals surface area contributed by atoms with Gasteiger partial charge in [-0.05, 0) is 45.2 Å². The summed E-state index contributed by atoms with van der Waals surface area (Å²) < 4.78 is 0. The fourth-order valence-electron chi connectivity index (χ4n) is 2.74. The van der Waals surface area contributed by atoms with Crippen LogP contribution in [0.4, 0.5) is 0 Å². The van der Waals surface area contributed by atoms with Crippen molar-refractivity contribution < 1.29 is 0 Å². The molecule has 0 aliphatic carbocycles. The van der Waals surface area contributed by atoms with Crippen molar-refractivity contribution in [1.29, 1.82) is 0 Å². The summed E-state index contributed by atoms with van der Waals surface area (Å²) in [5.41, 5.74) is 8.77. The Kier molecular flexibility index (Phi) is 3.85. The molecule has 17 heavy (non-hydrogen) atoms. The zero-order chi connectivity index (χ0) is 12.4. The van der Waals surface area contributed by atoms with Gasteiger partial charge in [-0.15, -0.1) is 0 Å². The normalized spacial score (nSPS) is 24.8. The van der Waals surface area contributed by atoms with Crippen LogP contribution in [0.1, 0.15) is 37.4 Å². The van der Waals surface area contributed by atoms with Crippen molar-refractivity contribution in [3.63, 3.8) is 0 Å². The summed E-state index contributed by atoms with van der Waals surface area (Å²) in [5, 5.41) is 0. The van der Waals surface area contributed by atoms with E-state index in [0.717, 1.165) is 6.54 Å². The number of hydrogen-bond donors (Lipinski definition) is 1. The maximum atomic E-state index is 6.00. The topological polar surface area (TPSA) is 29.3 Å². The molecule has 1 heterocycles. The van der Waals surface area contributed by atoms with Gasteiger partial charge in [0.05, 0.1) is 0 Å². The standard InChI is InChI=1S/C15H24N2/c1-11-5-4-6-14(9-11)13(3)17-8-7-15(10-17)12(2)16/h4-6,9,12-13,15H,7-8,10,16H2,1-3H3. The molecule has 94 valence electrons. The van der Waals surface area contributed by atoms with Gasteiger partial charge in [0.2, 0.25) is 0 Å². The van der Waals surface area contributed by atoms with Crippen LogP contribution in [0.3, 0.4) is 0 Å². The number of aryl methyl sites for hydroxylation is 1. The summed E-state index contributed by atoms with van der Waals surface area (Å²) in [5.74, 6) is 0.669. The molecule has 2 N–H and O–H groups in total. The molecule has 3 atom stereocenters. The minimum atomic E-state index is 0.324. The molecule has 0 amide bonds. The molecule has 2 heteroatoms. The highest BCUT2D eigenvalue weighted by Gasteiger charge is 2.28. The molecule has 0 radical (unpaired) electrons. The van der Waals surface area contributed by atoms with Crippen LogP contribution in [0.2, 0.25) is 0 Å². The monoisotopic (exact) mass is 232 g/mol. The predicted octanol–water partition coefficient (Wildman–Crippen LogP) is 2.73. The van der Waals surface area contributed by atoms with Gasteiger partial charge in [-0.25, -0.2) is 0 Å². The van der Waals surface area contributed by atoms with Crippen LogP contribution in [0.15, 0.2) is 24.3 Å². The SMILES string of the molecule is Cc1cccc(C(C)N2CCC(C(C)N)C2)c1. The molecule has 1 aromatic carbocycles. The summed E-state index contributed by atoms with van der Waals surface area (Å²) in [4.78, 5) is 2.56. The summed E-state index contributed by atoms with van der Waals surface area (Å²) in [7, 11) is 0. The molecule has 2 rings (SSSR count). The molecule has 0 bridgehead atoms. The zero-order valence-corrected chi connectivity index (χ0v) is 11.2. The number of likely N-dealkylation sites (tertiary alicyclic amines) is 1. The Balaban J connectivity index is 2.04. The first-order valence-electron chi connectivity index (χ1n) is 6.64. The quantitative estimate of drug-likeness (QED) is 0.868. The van der Waals surface area contributed by atoms with Crippen LogP contribution in [0, 0.1) is 12.8 Å². The second-order valence-electron chi connectivity index (χ2n) is 5.49. The van der Waals surface area contributed by atoms with E-state index in [1.807, 2.05) is 0 Å². The molecule has 0 saturated carbocycles. The minimum Gasteiger partial charge on any atom is -0.328 e. The first kappa shape index (κ1) is 12.6. The Labute approximate surface area is 105 Å². The average Bonchev–Trinajstić information content (AvgIpc) is 2.77. The Hall–Kier alpha value is -0.860. The number of rotatable bonds is 3. The van der Waals surface area contributed by atoms with E-state index >= 15 is 0 Å². The first-order chi connectivity index (χ1) is 8.08. The van der Waals surface area contributed by atoms with E-state index in [1.54, 1.807) is 0 Å². The van der Waals surface area contributed by atoms with Crippen LogP contribution >= 0.6 is 0 Å². The summed E-state index contributed by atoms with van der Waals surface area (Å²) in [6.07, 6.45) is 1.24. The molecule has 2 nitrogen and oxygen atoms in total. The van der Waals surface area contributed by atoms with Gasteiger partial charge in [0.1, 0.15) is 0 Å². The minimum absolute atomic E-state index is 0.324. The van der Waals surface area contributed by atoms with Crippen LogP contribution in [-0.4, -0.2) is 24.0 Å². The van der Waals surface area contributed by atoms with E-state index in [4.69, 9.17) is 5.73 Å². The maximum absolute atomic E-state index is 6.00. The second kappa shape index (κ2) is 5.19. The van der Waals surface area contributed by atoms with Gasteiger partial charge >= 0.3 is 0 Å². The summed E-state index contributed by atoms with van der Waals surface area (Å²) in [6, 6.07) is 9.68. The Morgan fingerprint density at radius 3 is 2.71 bits per heavy atom. The highest BCUT2D eigenvalue weighted by molar-refractivity contribution is 5.24. The van der Waals surface area contributed by atoms with Crippen LogP contribution in [0.25, 0.3) is 0 Å². The smallest absolute Gasteiger partial charge is 0.0320 e. The van der Waals surface area contributed by atoms with Gasteiger partial charge in [0, 0.05) is 18.6 Å². The number of nitrogens with zero attached hydrogens (tertiary/aromatic N) is 1. The van der Waals surface area contributed by atoms with Crippen molar-refractivity contribution in [1.82, 2.24) is 4.90 Å². The van der Waals surface area contributed by atoms with Gasteiger partial charge < -0.3 is 5.73 Å². The number of hydrogen-bond acceptors (Lipinski definition) is 2. The average molecular weight is 232 g/mol. The lowest BCUT2D eigenvalue weighted by Crippen LogP contribution is -2.31. The number of benzene rings is 1. The van der Waals surface area contributed by atoms with Gasteiger partial charge in [-0.3, -0.25) is 4.90 Å². The molecule has 0 aromatic heterocycles. The number of nitrogens with two attached hydrogens (primary N) is 1. The molecule has 3 unspecified atom stereocenters. The van der Waals surface area contributed by atoms with Gasteiger partial charge in [-0.2, -0.15) is 0 Å². The van der Waals surface area contributed by atoms with Crippen molar-refractivity contribution in [3.8, 4) is 0 Å². The van der Waals surface area contributed by atoms with Gasteiger partial charge in [0.15, 0.2) is 0 Å². The van der Waals surface area contributed by atoms with Crippen LogP contribution < -0.4 is 5.73 Å². The molecule has 1 fully saturated rings. The van der Waals surface area contributed by atoms with Gasteiger partial charge in [0.25, 0.3) is 0 Å². The summed E-state index contributed by atoms with van der Waals surface area (Å²) >= 11 is 0. The molecule has 0 spiro atoms. The van der Waals surface area contributed by atoms with E-state index in [9.17, 15) is 0 Å². The molecule has 1 aromatic rings. The Morgan fingerprint density at radius 1 is 1.35 bits per heavy atom. The molecular formula is C15H24N2.